The number of hydrogen-bond acceptors (Lipinski definition) is 4. The van der Waals surface area contributed by atoms with Gasteiger partial charge >= 0.3 is 12.0 Å². The van der Waals surface area contributed by atoms with Crippen molar-refractivity contribution in [1.29, 1.82) is 0 Å². The second-order valence-corrected chi connectivity index (χ2v) is 4.61. The van der Waals surface area contributed by atoms with Crippen LogP contribution in [0, 0.1) is 0 Å². The summed E-state index contributed by atoms with van der Waals surface area (Å²) in [5, 5.41) is 11.5. The highest BCUT2D eigenvalue weighted by Crippen LogP contribution is 1.93. The zero-order valence-corrected chi connectivity index (χ0v) is 12.2. The third-order valence-electron chi connectivity index (χ3n) is 2.80. The summed E-state index contributed by atoms with van der Waals surface area (Å²) in [5.41, 5.74) is 0. The number of carboxylic acid groups (broad SMARTS) is 1. The molecule has 0 aromatic rings. The van der Waals surface area contributed by atoms with Crippen LogP contribution in [0.1, 0.15) is 13.8 Å². The molecule has 0 aliphatic heterocycles. The van der Waals surface area contributed by atoms with Crippen molar-refractivity contribution in [3.8, 4) is 0 Å². The summed E-state index contributed by atoms with van der Waals surface area (Å²) in [4.78, 5) is 25.8. The summed E-state index contributed by atoms with van der Waals surface area (Å²) < 4.78 is 4.86. The normalized spacial score (nSPS) is 10.8. The Kier molecular flexibility index (Phi) is 8.90. The van der Waals surface area contributed by atoms with E-state index in [4.69, 9.17) is 9.84 Å². The molecule has 0 aromatic carbocycles. The predicted octanol–water partition coefficient (Wildman–Crippen LogP) is 0.0692. The Labute approximate surface area is 114 Å². The van der Waals surface area contributed by atoms with Crippen molar-refractivity contribution in [3.63, 3.8) is 0 Å². The van der Waals surface area contributed by atoms with Crippen molar-refractivity contribution in [2.75, 3.05) is 46.9 Å². The Morgan fingerprint density at radius 1 is 1.32 bits per heavy atom. The van der Waals surface area contributed by atoms with E-state index in [0.29, 0.717) is 25.7 Å². The summed E-state index contributed by atoms with van der Waals surface area (Å²) in [6.45, 7) is 5.58. The first kappa shape index (κ1) is 17.7. The molecule has 0 radical (unpaired) electrons. The lowest BCUT2D eigenvalue weighted by Gasteiger charge is -2.23. The van der Waals surface area contributed by atoms with Gasteiger partial charge in [0.25, 0.3) is 0 Å². The fraction of sp³-hybridized carbons (Fsp3) is 0.833. The summed E-state index contributed by atoms with van der Waals surface area (Å²) >= 11 is 0. The van der Waals surface area contributed by atoms with Crippen molar-refractivity contribution < 1.29 is 19.4 Å². The van der Waals surface area contributed by atoms with Crippen LogP contribution < -0.4 is 5.32 Å². The average molecular weight is 275 g/mol. The molecule has 7 heteroatoms. The Morgan fingerprint density at radius 3 is 2.42 bits per heavy atom. The molecule has 112 valence electrons. The number of urea groups is 1. The summed E-state index contributed by atoms with van der Waals surface area (Å²) in [6, 6.07) is 0.0251. The number of carbonyl (C=O) groups is 2. The standard InChI is InChI=1S/C12H25N3O4/c1-10(2)14(3)6-5-13-12(18)15(7-8-19-4)9-11(16)17/h10H,5-9H2,1-4H3,(H,13,18)(H,16,17). The lowest BCUT2D eigenvalue weighted by atomic mass is 10.3. The minimum Gasteiger partial charge on any atom is -0.480 e. The van der Waals surface area contributed by atoms with E-state index in [-0.39, 0.29) is 19.1 Å². The molecule has 19 heavy (non-hydrogen) atoms. The highest BCUT2D eigenvalue weighted by molar-refractivity contribution is 5.80. The van der Waals surface area contributed by atoms with Crippen LogP contribution in [0.15, 0.2) is 0 Å². The fourth-order valence-corrected chi connectivity index (χ4v) is 1.33. The van der Waals surface area contributed by atoms with E-state index in [1.54, 1.807) is 0 Å². The van der Waals surface area contributed by atoms with Gasteiger partial charge in [0.1, 0.15) is 6.54 Å². The van der Waals surface area contributed by atoms with Gasteiger partial charge in [0, 0.05) is 32.8 Å². The SMILES string of the molecule is COCCN(CC(=O)O)C(=O)NCCN(C)C(C)C. The Balaban J connectivity index is 4.12. The molecule has 2 amide bonds. The minimum atomic E-state index is -1.04. The second-order valence-electron chi connectivity index (χ2n) is 4.61. The van der Waals surface area contributed by atoms with Gasteiger partial charge in [0.15, 0.2) is 0 Å². The number of carbonyl (C=O) groups excluding carboxylic acids is 1. The molecule has 0 spiro atoms. The number of aliphatic carboxylic acids is 1. The maximum Gasteiger partial charge on any atom is 0.323 e. The smallest absolute Gasteiger partial charge is 0.323 e. The van der Waals surface area contributed by atoms with E-state index < -0.39 is 5.97 Å². The van der Waals surface area contributed by atoms with E-state index in [9.17, 15) is 9.59 Å². The number of methoxy groups -OCH3 is 1. The number of hydrogen-bond donors (Lipinski definition) is 2. The number of amides is 2. The first-order valence-electron chi connectivity index (χ1n) is 6.32. The second kappa shape index (κ2) is 9.57. The van der Waals surface area contributed by atoms with Crippen LogP contribution in [0.5, 0.6) is 0 Å². The topological polar surface area (TPSA) is 82.1 Å². The zero-order chi connectivity index (χ0) is 14.8. The summed E-state index contributed by atoms with van der Waals surface area (Å²) in [6.07, 6.45) is 0. The molecule has 0 saturated heterocycles. The third-order valence-corrected chi connectivity index (χ3v) is 2.80. The van der Waals surface area contributed by atoms with E-state index in [0.717, 1.165) is 0 Å². The number of nitrogens with zero attached hydrogens (tertiary/aromatic N) is 2. The molecule has 0 bridgehead atoms. The maximum atomic E-state index is 11.8. The monoisotopic (exact) mass is 275 g/mol. The quantitative estimate of drug-likeness (QED) is 0.622. The molecule has 0 saturated carbocycles. The number of rotatable bonds is 9. The minimum absolute atomic E-state index is 0.259. The van der Waals surface area contributed by atoms with Crippen molar-refractivity contribution in [2.24, 2.45) is 0 Å². The lowest BCUT2D eigenvalue weighted by Crippen LogP contribution is -2.46. The molecular weight excluding hydrogens is 250 g/mol. The fourth-order valence-electron chi connectivity index (χ4n) is 1.33. The molecule has 0 aliphatic carbocycles. The molecule has 0 atom stereocenters. The molecule has 2 N–H and O–H groups in total. The van der Waals surface area contributed by atoms with Crippen LogP contribution in [0.4, 0.5) is 4.79 Å². The molecule has 0 aliphatic rings. The van der Waals surface area contributed by atoms with Gasteiger partial charge in [-0.05, 0) is 20.9 Å². The summed E-state index contributed by atoms with van der Waals surface area (Å²) in [7, 11) is 3.48. The van der Waals surface area contributed by atoms with Gasteiger partial charge in [-0.2, -0.15) is 0 Å². The molecule has 0 rings (SSSR count). The van der Waals surface area contributed by atoms with Crippen LogP contribution in [-0.4, -0.2) is 79.9 Å². The average Bonchev–Trinajstić information content (AvgIpc) is 2.33. The molecule has 0 unspecified atom stereocenters. The van der Waals surface area contributed by atoms with Crippen LogP contribution >= 0.6 is 0 Å². The first-order chi connectivity index (χ1) is 8.88. The van der Waals surface area contributed by atoms with Crippen molar-refractivity contribution in [3.05, 3.63) is 0 Å². The maximum absolute atomic E-state index is 11.8. The highest BCUT2D eigenvalue weighted by Gasteiger charge is 2.16. The summed E-state index contributed by atoms with van der Waals surface area (Å²) in [5.74, 6) is -1.04. The Morgan fingerprint density at radius 2 is 1.95 bits per heavy atom. The van der Waals surface area contributed by atoms with Crippen LogP contribution in [0.3, 0.4) is 0 Å². The van der Waals surface area contributed by atoms with E-state index in [1.165, 1.54) is 12.0 Å². The van der Waals surface area contributed by atoms with Crippen molar-refractivity contribution in [2.45, 2.75) is 19.9 Å². The van der Waals surface area contributed by atoms with E-state index >= 15 is 0 Å². The van der Waals surface area contributed by atoms with Crippen molar-refractivity contribution in [1.82, 2.24) is 15.1 Å². The van der Waals surface area contributed by atoms with Gasteiger partial charge in [0.05, 0.1) is 6.61 Å². The van der Waals surface area contributed by atoms with Gasteiger partial charge in [0.2, 0.25) is 0 Å². The number of nitrogens with one attached hydrogen (secondary N) is 1. The van der Waals surface area contributed by atoms with Crippen LogP contribution in [0.2, 0.25) is 0 Å². The van der Waals surface area contributed by atoms with Gasteiger partial charge in [-0.25, -0.2) is 4.79 Å². The molecule has 0 aromatic heterocycles. The predicted molar refractivity (Wildman–Crippen MR) is 72.2 cm³/mol. The van der Waals surface area contributed by atoms with Gasteiger partial charge in [-0.15, -0.1) is 0 Å². The van der Waals surface area contributed by atoms with E-state index in [2.05, 4.69) is 24.1 Å². The number of carboxylic acids is 1. The number of likely N-dealkylation sites (N-methyl/N-ethyl adjacent to an activating group) is 1. The largest absolute Gasteiger partial charge is 0.480 e. The zero-order valence-electron chi connectivity index (χ0n) is 12.2. The van der Waals surface area contributed by atoms with Gasteiger partial charge < -0.3 is 25.0 Å². The third kappa shape index (κ3) is 8.39. The van der Waals surface area contributed by atoms with Gasteiger partial charge in [-0.1, -0.05) is 0 Å². The lowest BCUT2D eigenvalue weighted by molar-refractivity contribution is -0.137. The molecule has 0 heterocycles. The van der Waals surface area contributed by atoms with Crippen LogP contribution in [-0.2, 0) is 9.53 Å². The molecular formula is C12H25N3O4. The molecule has 0 fully saturated rings. The first-order valence-corrected chi connectivity index (χ1v) is 6.32. The van der Waals surface area contributed by atoms with Crippen LogP contribution in [0.25, 0.3) is 0 Å². The van der Waals surface area contributed by atoms with Crippen molar-refractivity contribution >= 4 is 12.0 Å². The number of ether oxygens (including phenoxy) is 1. The Bertz CT molecular complexity index is 284. The Hall–Kier alpha value is -1.34. The van der Waals surface area contributed by atoms with E-state index in [1.807, 2.05) is 7.05 Å². The molecule has 7 nitrogen and oxygen atoms in total. The highest BCUT2D eigenvalue weighted by atomic mass is 16.5. The van der Waals surface area contributed by atoms with Gasteiger partial charge in [-0.3, -0.25) is 4.79 Å².